The van der Waals surface area contributed by atoms with Crippen molar-refractivity contribution in [3.05, 3.63) is 11.8 Å². The van der Waals surface area contributed by atoms with E-state index in [9.17, 15) is 20.1 Å². The van der Waals surface area contributed by atoms with Crippen LogP contribution in [0, 0.1) is 5.92 Å². The number of ether oxygens (including phenoxy) is 1. The Kier molecular flexibility index (Phi) is 4.47. The fourth-order valence-electron chi connectivity index (χ4n) is 1.62. The molecule has 0 bridgehead atoms. The van der Waals surface area contributed by atoms with Gasteiger partial charge in [0.15, 0.2) is 0 Å². The second kappa shape index (κ2) is 5.46. The van der Waals surface area contributed by atoms with Crippen molar-refractivity contribution < 1.29 is 35.1 Å². The van der Waals surface area contributed by atoms with Crippen LogP contribution in [0.25, 0.3) is 0 Å². The molecule has 0 saturated carbocycles. The molecule has 1 aliphatic rings. The standard InChI is InChI=1S/C10H16O7/c1-4-5(12)2-7(10(15)16)17-9(4)8(14)6(13)3-11/h2,4-6,8-9,11-14H,3H2,1H3,(H,15,16)/t4-,5+,6-,8-,9-/m1/s1. The summed E-state index contributed by atoms with van der Waals surface area (Å²) in [5.74, 6) is -2.45. The number of carboxylic acid groups (broad SMARTS) is 1. The van der Waals surface area contributed by atoms with Crippen molar-refractivity contribution in [1.29, 1.82) is 0 Å². The molecular formula is C10H16O7. The zero-order valence-electron chi connectivity index (χ0n) is 9.22. The average molecular weight is 248 g/mol. The largest absolute Gasteiger partial charge is 0.480 e. The molecule has 1 aliphatic heterocycles. The van der Waals surface area contributed by atoms with E-state index in [1.54, 1.807) is 0 Å². The minimum atomic E-state index is -1.48. The summed E-state index contributed by atoms with van der Waals surface area (Å²) >= 11 is 0. The molecule has 0 amide bonds. The topological polar surface area (TPSA) is 127 Å². The monoisotopic (exact) mass is 248 g/mol. The number of hydrogen-bond acceptors (Lipinski definition) is 6. The van der Waals surface area contributed by atoms with Gasteiger partial charge in [0.25, 0.3) is 0 Å². The van der Waals surface area contributed by atoms with Crippen molar-refractivity contribution in [3.63, 3.8) is 0 Å². The van der Waals surface area contributed by atoms with Crippen molar-refractivity contribution in [2.24, 2.45) is 5.92 Å². The average Bonchev–Trinajstić information content (AvgIpc) is 2.30. The van der Waals surface area contributed by atoms with Crippen molar-refractivity contribution in [2.75, 3.05) is 6.61 Å². The van der Waals surface area contributed by atoms with Crippen LogP contribution in [-0.4, -0.2) is 62.5 Å². The Morgan fingerprint density at radius 2 is 2.12 bits per heavy atom. The summed E-state index contributed by atoms with van der Waals surface area (Å²) in [6.07, 6.45) is -4.10. The van der Waals surface area contributed by atoms with Crippen LogP contribution in [0.4, 0.5) is 0 Å². The Morgan fingerprint density at radius 1 is 1.53 bits per heavy atom. The van der Waals surface area contributed by atoms with Crippen molar-refractivity contribution in [1.82, 2.24) is 0 Å². The van der Waals surface area contributed by atoms with E-state index < -0.39 is 48.7 Å². The third-order valence-electron chi connectivity index (χ3n) is 2.77. The molecule has 98 valence electrons. The second-order valence-corrected chi connectivity index (χ2v) is 4.01. The van der Waals surface area contributed by atoms with Gasteiger partial charge in [0.2, 0.25) is 5.76 Å². The summed E-state index contributed by atoms with van der Waals surface area (Å²) in [5, 5.41) is 46.0. The van der Waals surface area contributed by atoms with Crippen molar-refractivity contribution >= 4 is 5.97 Å². The van der Waals surface area contributed by atoms with Gasteiger partial charge in [-0.2, -0.15) is 0 Å². The van der Waals surface area contributed by atoms with E-state index in [2.05, 4.69) is 0 Å². The van der Waals surface area contributed by atoms with Gasteiger partial charge in [-0.3, -0.25) is 0 Å². The molecule has 7 heteroatoms. The molecule has 0 aromatic heterocycles. The summed E-state index contributed by atoms with van der Waals surface area (Å²) in [6.45, 7) is 0.855. The number of rotatable bonds is 4. The highest BCUT2D eigenvalue weighted by Crippen LogP contribution is 2.26. The predicted molar refractivity (Wildman–Crippen MR) is 54.9 cm³/mol. The Balaban J connectivity index is 2.87. The van der Waals surface area contributed by atoms with Crippen LogP contribution in [-0.2, 0) is 9.53 Å². The van der Waals surface area contributed by atoms with Gasteiger partial charge in [-0.25, -0.2) is 4.79 Å². The van der Waals surface area contributed by atoms with Crippen LogP contribution in [0.5, 0.6) is 0 Å². The zero-order valence-corrected chi connectivity index (χ0v) is 9.22. The number of aliphatic hydroxyl groups excluding tert-OH is 4. The summed E-state index contributed by atoms with van der Waals surface area (Å²) in [6, 6.07) is 0. The highest BCUT2D eigenvalue weighted by Gasteiger charge is 2.39. The molecule has 7 nitrogen and oxygen atoms in total. The van der Waals surface area contributed by atoms with Crippen LogP contribution in [0.1, 0.15) is 6.92 Å². The van der Waals surface area contributed by atoms with Gasteiger partial charge < -0.3 is 30.3 Å². The molecule has 0 saturated heterocycles. The van der Waals surface area contributed by atoms with E-state index in [4.69, 9.17) is 14.9 Å². The molecule has 0 radical (unpaired) electrons. The number of aliphatic carboxylic acids is 1. The number of hydrogen-bond donors (Lipinski definition) is 5. The zero-order chi connectivity index (χ0) is 13.2. The Labute approximate surface area is 97.6 Å². The van der Waals surface area contributed by atoms with E-state index in [1.165, 1.54) is 6.92 Å². The first-order chi connectivity index (χ1) is 7.88. The second-order valence-electron chi connectivity index (χ2n) is 4.01. The molecule has 1 rings (SSSR count). The highest BCUT2D eigenvalue weighted by molar-refractivity contribution is 5.84. The van der Waals surface area contributed by atoms with Gasteiger partial charge in [0, 0.05) is 5.92 Å². The maximum absolute atomic E-state index is 10.7. The quantitative estimate of drug-likeness (QED) is 0.392. The van der Waals surface area contributed by atoms with E-state index in [0.717, 1.165) is 6.08 Å². The van der Waals surface area contributed by atoms with Crippen LogP contribution < -0.4 is 0 Å². The normalized spacial score (nSPS) is 32.3. The smallest absolute Gasteiger partial charge is 0.370 e. The Hall–Kier alpha value is -1.15. The Morgan fingerprint density at radius 3 is 2.59 bits per heavy atom. The first-order valence-electron chi connectivity index (χ1n) is 5.15. The maximum atomic E-state index is 10.7. The van der Waals surface area contributed by atoms with Gasteiger partial charge in [0.05, 0.1) is 12.7 Å². The molecular weight excluding hydrogens is 232 g/mol. The first-order valence-corrected chi connectivity index (χ1v) is 5.15. The van der Waals surface area contributed by atoms with Crippen LogP contribution >= 0.6 is 0 Å². The lowest BCUT2D eigenvalue weighted by atomic mass is 9.89. The molecule has 0 fully saturated rings. The lowest BCUT2D eigenvalue weighted by Crippen LogP contribution is -2.49. The van der Waals surface area contributed by atoms with Gasteiger partial charge in [-0.1, -0.05) is 6.92 Å². The van der Waals surface area contributed by atoms with Crippen molar-refractivity contribution in [3.8, 4) is 0 Å². The number of carbonyl (C=O) groups is 1. The molecule has 5 atom stereocenters. The van der Waals surface area contributed by atoms with Gasteiger partial charge in [-0.15, -0.1) is 0 Å². The fraction of sp³-hybridized carbons (Fsp3) is 0.700. The summed E-state index contributed by atoms with van der Waals surface area (Å²) in [5.41, 5.74) is 0. The minimum absolute atomic E-state index is 0.482. The summed E-state index contributed by atoms with van der Waals surface area (Å²) < 4.78 is 5.00. The molecule has 0 unspecified atom stereocenters. The SMILES string of the molecule is C[C@H]1[C@H]([C@H](O)[C@H](O)CO)OC(C(=O)O)=C[C@@H]1O. The Bertz CT molecular complexity index is 314. The van der Waals surface area contributed by atoms with E-state index in [1.807, 2.05) is 0 Å². The lowest BCUT2D eigenvalue weighted by molar-refractivity contribution is -0.151. The van der Waals surface area contributed by atoms with Gasteiger partial charge in [-0.05, 0) is 6.08 Å². The van der Waals surface area contributed by atoms with Crippen molar-refractivity contribution in [2.45, 2.75) is 31.3 Å². The fourth-order valence-corrected chi connectivity index (χ4v) is 1.62. The number of aliphatic hydroxyl groups is 4. The summed E-state index contributed by atoms with van der Waals surface area (Å²) in [7, 11) is 0. The summed E-state index contributed by atoms with van der Waals surface area (Å²) in [4.78, 5) is 10.7. The third kappa shape index (κ3) is 2.95. The van der Waals surface area contributed by atoms with E-state index >= 15 is 0 Å². The van der Waals surface area contributed by atoms with Gasteiger partial charge >= 0.3 is 5.97 Å². The molecule has 5 N–H and O–H groups in total. The van der Waals surface area contributed by atoms with Crippen LogP contribution in [0.2, 0.25) is 0 Å². The van der Waals surface area contributed by atoms with Crippen LogP contribution in [0.3, 0.4) is 0 Å². The molecule has 0 aliphatic carbocycles. The van der Waals surface area contributed by atoms with Crippen LogP contribution in [0.15, 0.2) is 11.8 Å². The molecule has 17 heavy (non-hydrogen) atoms. The lowest BCUT2D eigenvalue weighted by Gasteiger charge is -2.36. The third-order valence-corrected chi connectivity index (χ3v) is 2.77. The predicted octanol–water partition coefficient (Wildman–Crippen LogP) is -1.94. The molecule has 0 aromatic rings. The minimum Gasteiger partial charge on any atom is -0.480 e. The molecule has 1 heterocycles. The van der Waals surface area contributed by atoms with E-state index in [-0.39, 0.29) is 0 Å². The highest BCUT2D eigenvalue weighted by atomic mass is 16.5. The van der Waals surface area contributed by atoms with E-state index in [0.29, 0.717) is 0 Å². The van der Waals surface area contributed by atoms with Gasteiger partial charge in [0.1, 0.15) is 18.3 Å². The molecule has 0 spiro atoms. The molecule has 0 aromatic carbocycles. The maximum Gasteiger partial charge on any atom is 0.370 e. The first kappa shape index (κ1) is 13.9. The number of carboxylic acids is 1.